The van der Waals surface area contributed by atoms with Crippen molar-refractivity contribution in [1.82, 2.24) is 14.5 Å². The topological polar surface area (TPSA) is 73.7 Å². The van der Waals surface area contributed by atoms with Crippen LogP contribution in [0.4, 0.5) is 9.18 Å². The Hall–Kier alpha value is -3.42. The van der Waals surface area contributed by atoms with Crippen molar-refractivity contribution in [2.75, 3.05) is 20.8 Å². The third-order valence-electron chi connectivity index (χ3n) is 8.36. The van der Waals surface area contributed by atoms with Crippen LogP contribution in [-0.4, -0.2) is 47.3 Å². The van der Waals surface area contributed by atoms with Gasteiger partial charge in [0.05, 0.1) is 37.7 Å². The number of imidazole rings is 1. The van der Waals surface area contributed by atoms with Gasteiger partial charge in [0.1, 0.15) is 11.6 Å². The minimum Gasteiger partial charge on any atom is -0.469 e. The van der Waals surface area contributed by atoms with Gasteiger partial charge in [-0.15, -0.1) is 0 Å². The maximum Gasteiger partial charge on any atom is 0.409 e. The molecule has 2 heterocycles. The van der Waals surface area contributed by atoms with Crippen LogP contribution in [0.15, 0.2) is 30.3 Å². The lowest BCUT2D eigenvalue weighted by molar-refractivity contribution is -0.146. The average molecular weight is 522 g/mol. The molecule has 1 aliphatic carbocycles. The van der Waals surface area contributed by atoms with E-state index < -0.39 is 0 Å². The maximum absolute atomic E-state index is 14.3. The third kappa shape index (κ3) is 4.88. The van der Waals surface area contributed by atoms with E-state index in [9.17, 15) is 14.0 Å². The van der Waals surface area contributed by atoms with Gasteiger partial charge in [0.15, 0.2) is 0 Å². The summed E-state index contributed by atoms with van der Waals surface area (Å²) in [5, 5.41) is 0. The number of halogens is 1. The van der Waals surface area contributed by atoms with E-state index in [-0.39, 0.29) is 35.8 Å². The number of benzene rings is 2. The predicted octanol–water partition coefficient (Wildman–Crippen LogP) is 5.86. The highest BCUT2D eigenvalue weighted by Crippen LogP contribution is 2.40. The number of fused-ring (bicyclic) bond motifs is 3. The van der Waals surface area contributed by atoms with Gasteiger partial charge in [0, 0.05) is 24.1 Å². The number of aryl methyl sites for hydroxylation is 1. The van der Waals surface area contributed by atoms with Crippen LogP contribution in [0.5, 0.6) is 0 Å². The Labute approximate surface area is 222 Å². The minimum atomic E-state index is -0.330. The first-order chi connectivity index (χ1) is 18.3. The lowest BCUT2D eigenvalue weighted by Crippen LogP contribution is -2.35. The van der Waals surface area contributed by atoms with E-state index in [2.05, 4.69) is 23.6 Å². The monoisotopic (exact) mass is 521 g/mol. The second-order valence-electron chi connectivity index (χ2n) is 10.8. The molecule has 2 aromatic carbocycles. The summed E-state index contributed by atoms with van der Waals surface area (Å²) >= 11 is 0. The van der Waals surface area contributed by atoms with Gasteiger partial charge in [0.25, 0.3) is 0 Å². The number of amides is 1. The SMILES string of the molecule is COC(=O)N1CCc2ccc3c(nc([C@H]4CC[C@H](C(=O)OC)CC4)n3C(C)Cc3ccc(C)c(F)c3)c2C1. The van der Waals surface area contributed by atoms with Gasteiger partial charge in [-0.2, -0.15) is 0 Å². The summed E-state index contributed by atoms with van der Waals surface area (Å²) < 4.78 is 26.6. The zero-order chi connectivity index (χ0) is 27.0. The van der Waals surface area contributed by atoms with Crippen LogP contribution in [0.1, 0.15) is 72.6 Å². The molecule has 1 aromatic heterocycles. The van der Waals surface area contributed by atoms with Crippen LogP contribution in [0.3, 0.4) is 0 Å². The summed E-state index contributed by atoms with van der Waals surface area (Å²) in [6.07, 6.45) is 4.34. The third-order valence-corrected chi connectivity index (χ3v) is 8.36. The highest BCUT2D eigenvalue weighted by molar-refractivity contribution is 5.82. The van der Waals surface area contributed by atoms with Crippen molar-refractivity contribution >= 4 is 23.1 Å². The molecule has 1 unspecified atom stereocenters. The molecule has 0 bridgehead atoms. The van der Waals surface area contributed by atoms with E-state index in [4.69, 9.17) is 14.5 Å². The number of hydrogen-bond donors (Lipinski definition) is 0. The van der Waals surface area contributed by atoms with Crippen molar-refractivity contribution in [3.63, 3.8) is 0 Å². The van der Waals surface area contributed by atoms with E-state index in [1.807, 2.05) is 12.1 Å². The molecular formula is C30H36FN3O4. The molecule has 2 aliphatic rings. The summed E-state index contributed by atoms with van der Waals surface area (Å²) in [7, 11) is 2.86. The van der Waals surface area contributed by atoms with Gasteiger partial charge in [-0.3, -0.25) is 4.79 Å². The summed E-state index contributed by atoms with van der Waals surface area (Å²) in [6.45, 7) is 5.01. The number of methoxy groups -OCH3 is 2. The fourth-order valence-corrected chi connectivity index (χ4v) is 6.20. The largest absolute Gasteiger partial charge is 0.469 e. The molecule has 38 heavy (non-hydrogen) atoms. The fourth-order valence-electron chi connectivity index (χ4n) is 6.20. The number of nitrogens with zero attached hydrogens (tertiary/aromatic N) is 3. The Morgan fingerprint density at radius 1 is 1.11 bits per heavy atom. The molecule has 1 aliphatic heterocycles. The summed E-state index contributed by atoms with van der Waals surface area (Å²) in [6, 6.07) is 9.78. The molecule has 1 atom stereocenters. The number of carbonyl (C=O) groups excluding carboxylic acids is 2. The summed E-state index contributed by atoms with van der Waals surface area (Å²) in [4.78, 5) is 31.4. The number of carbonyl (C=O) groups is 2. The Morgan fingerprint density at radius 3 is 2.55 bits per heavy atom. The lowest BCUT2D eigenvalue weighted by Gasteiger charge is -2.29. The van der Waals surface area contributed by atoms with E-state index in [1.165, 1.54) is 19.8 Å². The first-order valence-electron chi connectivity index (χ1n) is 13.5. The van der Waals surface area contributed by atoms with Crippen molar-refractivity contribution in [2.45, 2.75) is 70.9 Å². The maximum atomic E-state index is 14.3. The van der Waals surface area contributed by atoms with Crippen LogP contribution in [0.25, 0.3) is 11.0 Å². The van der Waals surface area contributed by atoms with Crippen molar-refractivity contribution in [3.8, 4) is 0 Å². The van der Waals surface area contributed by atoms with Crippen LogP contribution in [-0.2, 0) is 33.7 Å². The van der Waals surface area contributed by atoms with E-state index in [0.717, 1.165) is 60.1 Å². The van der Waals surface area contributed by atoms with Crippen LogP contribution < -0.4 is 0 Å². The van der Waals surface area contributed by atoms with Crippen molar-refractivity contribution < 1.29 is 23.5 Å². The van der Waals surface area contributed by atoms with Crippen molar-refractivity contribution in [1.29, 1.82) is 0 Å². The van der Waals surface area contributed by atoms with Gasteiger partial charge >= 0.3 is 12.1 Å². The number of rotatable bonds is 5. The fraction of sp³-hybridized carbons (Fsp3) is 0.500. The molecule has 3 aromatic rings. The van der Waals surface area contributed by atoms with Crippen LogP contribution in [0, 0.1) is 18.7 Å². The lowest BCUT2D eigenvalue weighted by atomic mass is 9.81. The highest BCUT2D eigenvalue weighted by atomic mass is 19.1. The molecule has 7 nitrogen and oxygen atoms in total. The Morgan fingerprint density at radius 2 is 1.87 bits per heavy atom. The van der Waals surface area contributed by atoms with E-state index in [0.29, 0.717) is 25.1 Å². The highest BCUT2D eigenvalue weighted by Gasteiger charge is 2.33. The number of hydrogen-bond acceptors (Lipinski definition) is 5. The first kappa shape index (κ1) is 26.2. The predicted molar refractivity (Wildman–Crippen MR) is 143 cm³/mol. The number of aromatic nitrogens is 2. The first-order valence-corrected chi connectivity index (χ1v) is 13.5. The number of ether oxygens (including phenoxy) is 2. The second-order valence-corrected chi connectivity index (χ2v) is 10.8. The van der Waals surface area contributed by atoms with E-state index in [1.54, 1.807) is 17.9 Å². The Kier molecular flexibility index (Phi) is 7.41. The second kappa shape index (κ2) is 10.8. The zero-order valence-corrected chi connectivity index (χ0v) is 22.6. The Bertz CT molecular complexity index is 1360. The van der Waals surface area contributed by atoms with Gasteiger partial charge in [0.2, 0.25) is 0 Å². The molecule has 1 amide bonds. The number of esters is 1. The van der Waals surface area contributed by atoms with Gasteiger partial charge in [-0.25, -0.2) is 14.2 Å². The van der Waals surface area contributed by atoms with Crippen LogP contribution >= 0.6 is 0 Å². The molecular weight excluding hydrogens is 485 g/mol. The quantitative estimate of drug-likeness (QED) is 0.393. The Balaban J connectivity index is 1.55. The van der Waals surface area contributed by atoms with Gasteiger partial charge < -0.3 is 18.9 Å². The minimum absolute atomic E-state index is 0.0359. The summed E-state index contributed by atoms with van der Waals surface area (Å²) in [5.41, 5.74) is 5.80. The molecule has 202 valence electrons. The van der Waals surface area contributed by atoms with Crippen LogP contribution in [0.2, 0.25) is 0 Å². The molecule has 0 radical (unpaired) electrons. The smallest absolute Gasteiger partial charge is 0.409 e. The van der Waals surface area contributed by atoms with Gasteiger partial charge in [-0.1, -0.05) is 18.2 Å². The molecule has 5 rings (SSSR count). The molecule has 1 fully saturated rings. The standard InChI is InChI=1S/C30H36FN3O4/c1-18-5-6-20(16-25(18)31)15-19(2)34-26-12-11-21-13-14-33(30(36)38-4)17-24(21)27(26)32-28(34)22-7-9-23(10-8-22)29(35)37-3/h5-6,11-12,16,19,22-23H,7-10,13-15,17H2,1-4H3/t19?,22-,23-. The average Bonchev–Trinajstić information content (AvgIpc) is 3.34. The molecule has 0 N–H and O–H groups in total. The zero-order valence-electron chi connectivity index (χ0n) is 22.6. The van der Waals surface area contributed by atoms with Gasteiger partial charge in [-0.05, 0) is 81.2 Å². The normalized spacial score (nSPS) is 20.2. The van der Waals surface area contributed by atoms with E-state index >= 15 is 0 Å². The van der Waals surface area contributed by atoms with Crippen molar-refractivity contribution in [2.24, 2.45) is 5.92 Å². The molecule has 0 saturated heterocycles. The molecule has 8 heteroatoms. The summed E-state index contributed by atoms with van der Waals surface area (Å²) in [5.74, 6) is 0.819. The van der Waals surface area contributed by atoms with Crippen molar-refractivity contribution in [3.05, 3.63) is 64.2 Å². The molecule has 1 saturated carbocycles. The molecule has 0 spiro atoms.